The summed E-state index contributed by atoms with van der Waals surface area (Å²) < 4.78 is 1.85. The molecule has 1 aliphatic heterocycles. The first kappa shape index (κ1) is 17.5. The van der Waals surface area contributed by atoms with Gasteiger partial charge in [-0.3, -0.25) is 14.5 Å². The first-order valence-electron chi connectivity index (χ1n) is 8.35. The van der Waals surface area contributed by atoms with E-state index in [2.05, 4.69) is 10.4 Å². The SMILES string of the molecule is Cc1cc2n(n1)CCCN2C(=O)CCC(=O)Nc1cccc(Cl)c1C. The van der Waals surface area contributed by atoms with Crippen molar-refractivity contribution < 1.29 is 9.59 Å². The Labute approximate surface area is 151 Å². The molecule has 1 N–H and O–H groups in total. The molecule has 0 saturated heterocycles. The summed E-state index contributed by atoms with van der Waals surface area (Å²) in [4.78, 5) is 26.4. The number of carbonyl (C=O) groups is 2. The lowest BCUT2D eigenvalue weighted by Gasteiger charge is -2.27. The Bertz CT molecular complexity index is 815. The van der Waals surface area contributed by atoms with Crippen LogP contribution in [0.2, 0.25) is 5.02 Å². The molecule has 1 aromatic carbocycles. The number of fused-ring (bicyclic) bond motifs is 1. The molecule has 0 saturated carbocycles. The van der Waals surface area contributed by atoms with Gasteiger partial charge in [-0.1, -0.05) is 17.7 Å². The summed E-state index contributed by atoms with van der Waals surface area (Å²) in [6, 6.07) is 7.27. The quantitative estimate of drug-likeness (QED) is 0.909. The first-order valence-corrected chi connectivity index (χ1v) is 8.73. The summed E-state index contributed by atoms with van der Waals surface area (Å²) in [5.41, 5.74) is 2.39. The molecule has 132 valence electrons. The van der Waals surface area contributed by atoms with E-state index in [1.807, 2.05) is 24.6 Å². The molecule has 2 amide bonds. The zero-order valence-corrected chi connectivity index (χ0v) is 15.1. The maximum absolute atomic E-state index is 12.5. The average molecular weight is 361 g/mol. The van der Waals surface area contributed by atoms with E-state index in [0.29, 0.717) is 17.3 Å². The van der Waals surface area contributed by atoms with Crippen LogP contribution in [0, 0.1) is 13.8 Å². The fraction of sp³-hybridized carbons (Fsp3) is 0.389. The van der Waals surface area contributed by atoms with Crippen LogP contribution < -0.4 is 10.2 Å². The van der Waals surface area contributed by atoms with Gasteiger partial charge in [0, 0.05) is 42.7 Å². The van der Waals surface area contributed by atoms with Gasteiger partial charge < -0.3 is 5.32 Å². The van der Waals surface area contributed by atoms with Gasteiger partial charge in [0.2, 0.25) is 11.8 Å². The number of anilines is 2. The summed E-state index contributed by atoms with van der Waals surface area (Å²) in [5.74, 6) is 0.569. The summed E-state index contributed by atoms with van der Waals surface area (Å²) in [5, 5.41) is 7.81. The highest BCUT2D eigenvalue weighted by Crippen LogP contribution is 2.24. The highest BCUT2D eigenvalue weighted by Gasteiger charge is 2.24. The summed E-state index contributed by atoms with van der Waals surface area (Å²) in [6.45, 7) is 5.25. The van der Waals surface area contributed by atoms with E-state index < -0.39 is 0 Å². The minimum absolute atomic E-state index is 0.0567. The molecule has 0 atom stereocenters. The Kier molecular flexibility index (Phi) is 5.08. The molecule has 2 heterocycles. The fourth-order valence-corrected chi connectivity index (χ4v) is 3.14. The van der Waals surface area contributed by atoms with Crippen molar-refractivity contribution in [2.24, 2.45) is 0 Å². The molecule has 0 unspecified atom stereocenters. The first-order chi connectivity index (χ1) is 12.0. The minimum atomic E-state index is -0.194. The topological polar surface area (TPSA) is 67.2 Å². The Morgan fingerprint density at radius 2 is 2.04 bits per heavy atom. The van der Waals surface area contributed by atoms with Crippen LogP contribution in [0.4, 0.5) is 11.5 Å². The van der Waals surface area contributed by atoms with Gasteiger partial charge in [0.25, 0.3) is 0 Å². The molecule has 1 aromatic heterocycles. The number of aromatic nitrogens is 2. The van der Waals surface area contributed by atoms with Gasteiger partial charge in [0.1, 0.15) is 5.82 Å². The Hall–Kier alpha value is -2.34. The number of nitrogens with one attached hydrogen (secondary N) is 1. The van der Waals surface area contributed by atoms with Crippen molar-refractivity contribution in [1.82, 2.24) is 9.78 Å². The van der Waals surface area contributed by atoms with E-state index in [9.17, 15) is 9.59 Å². The standard InChI is InChI=1S/C18H21ClN4O2/c1-12-11-17-22(9-4-10-23(17)21-12)18(25)8-7-16(24)20-15-6-3-5-14(19)13(15)2/h3,5-6,11H,4,7-10H2,1-2H3,(H,20,24). The second-order valence-corrected chi connectivity index (χ2v) is 6.63. The molecule has 0 fully saturated rings. The summed E-state index contributed by atoms with van der Waals surface area (Å²) in [6.07, 6.45) is 1.16. The zero-order chi connectivity index (χ0) is 18.0. The van der Waals surface area contributed by atoms with Gasteiger partial charge in [-0.05, 0) is 38.0 Å². The van der Waals surface area contributed by atoms with E-state index in [0.717, 1.165) is 30.0 Å². The molecule has 25 heavy (non-hydrogen) atoms. The third kappa shape index (κ3) is 3.85. The lowest BCUT2D eigenvalue weighted by molar-refractivity contribution is -0.122. The highest BCUT2D eigenvalue weighted by atomic mass is 35.5. The molecule has 0 bridgehead atoms. The van der Waals surface area contributed by atoms with Crippen molar-refractivity contribution in [2.45, 2.75) is 39.7 Å². The Morgan fingerprint density at radius 3 is 2.84 bits per heavy atom. The van der Waals surface area contributed by atoms with Crippen molar-refractivity contribution in [3.63, 3.8) is 0 Å². The molecular formula is C18H21ClN4O2. The number of hydrogen-bond donors (Lipinski definition) is 1. The highest BCUT2D eigenvalue weighted by molar-refractivity contribution is 6.31. The van der Waals surface area contributed by atoms with Crippen molar-refractivity contribution in [3.05, 3.63) is 40.5 Å². The number of hydrogen-bond acceptors (Lipinski definition) is 3. The van der Waals surface area contributed by atoms with Gasteiger partial charge in [-0.25, -0.2) is 4.68 Å². The number of amides is 2. The number of rotatable bonds is 4. The zero-order valence-electron chi connectivity index (χ0n) is 14.4. The van der Waals surface area contributed by atoms with Crippen LogP contribution in [-0.4, -0.2) is 28.1 Å². The van der Waals surface area contributed by atoms with Gasteiger partial charge in [0.05, 0.1) is 5.69 Å². The number of nitrogens with zero attached hydrogens (tertiary/aromatic N) is 3. The molecule has 2 aromatic rings. The van der Waals surface area contributed by atoms with E-state index in [1.54, 1.807) is 23.1 Å². The largest absolute Gasteiger partial charge is 0.326 e. The van der Waals surface area contributed by atoms with Crippen molar-refractivity contribution in [2.75, 3.05) is 16.8 Å². The van der Waals surface area contributed by atoms with Crippen LogP contribution in [0.25, 0.3) is 0 Å². The minimum Gasteiger partial charge on any atom is -0.326 e. The van der Waals surface area contributed by atoms with Crippen LogP contribution in [0.1, 0.15) is 30.5 Å². The van der Waals surface area contributed by atoms with Gasteiger partial charge >= 0.3 is 0 Å². The Morgan fingerprint density at radius 1 is 1.24 bits per heavy atom. The van der Waals surface area contributed by atoms with Crippen LogP contribution in [0.3, 0.4) is 0 Å². The summed E-state index contributed by atoms with van der Waals surface area (Å²) in [7, 11) is 0. The van der Waals surface area contributed by atoms with E-state index in [-0.39, 0.29) is 24.7 Å². The van der Waals surface area contributed by atoms with Crippen molar-refractivity contribution in [3.8, 4) is 0 Å². The molecule has 0 spiro atoms. The van der Waals surface area contributed by atoms with Crippen molar-refractivity contribution in [1.29, 1.82) is 0 Å². The maximum Gasteiger partial charge on any atom is 0.228 e. The third-order valence-electron chi connectivity index (χ3n) is 4.32. The predicted octanol–water partition coefficient (Wildman–Crippen LogP) is 3.31. The molecule has 3 rings (SSSR count). The molecule has 0 radical (unpaired) electrons. The lowest BCUT2D eigenvalue weighted by atomic mass is 10.2. The molecule has 6 nitrogen and oxygen atoms in total. The lowest BCUT2D eigenvalue weighted by Crippen LogP contribution is -2.37. The van der Waals surface area contributed by atoms with Crippen LogP contribution in [-0.2, 0) is 16.1 Å². The van der Waals surface area contributed by atoms with Crippen molar-refractivity contribution >= 4 is 34.9 Å². The van der Waals surface area contributed by atoms with Crippen LogP contribution in [0.5, 0.6) is 0 Å². The Balaban J connectivity index is 1.59. The molecule has 7 heteroatoms. The second-order valence-electron chi connectivity index (χ2n) is 6.23. The second kappa shape index (κ2) is 7.27. The molecular weight excluding hydrogens is 340 g/mol. The van der Waals surface area contributed by atoms with Crippen LogP contribution in [0.15, 0.2) is 24.3 Å². The number of aryl methyl sites for hydroxylation is 2. The normalized spacial score (nSPS) is 13.5. The average Bonchev–Trinajstić information content (AvgIpc) is 2.97. The predicted molar refractivity (Wildman–Crippen MR) is 98.0 cm³/mol. The molecule has 0 aliphatic carbocycles. The van der Waals surface area contributed by atoms with Gasteiger partial charge in [-0.15, -0.1) is 0 Å². The smallest absolute Gasteiger partial charge is 0.228 e. The van der Waals surface area contributed by atoms with Crippen LogP contribution >= 0.6 is 11.6 Å². The number of halogens is 1. The van der Waals surface area contributed by atoms with E-state index in [1.165, 1.54) is 0 Å². The molecule has 1 aliphatic rings. The number of carbonyl (C=O) groups excluding carboxylic acids is 2. The summed E-state index contributed by atoms with van der Waals surface area (Å²) >= 11 is 6.06. The van der Waals surface area contributed by atoms with Gasteiger partial charge in [-0.2, -0.15) is 5.10 Å². The fourth-order valence-electron chi connectivity index (χ4n) is 2.97. The monoisotopic (exact) mass is 360 g/mol. The van der Waals surface area contributed by atoms with Gasteiger partial charge in [0.15, 0.2) is 0 Å². The maximum atomic E-state index is 12.5. The van der Waals surface area contributed by atoms with E-state index in [4.69, 9.17) is 11.6 Å². The van der Waals surface area contributed by atoms with E-state index >= 15 is 0 Å². The number of benzene rings is 1. The third-order valence-corrected chi connectivity index (χ3v) is 4.73.